The molecule has 0 atom stereocenters. The summed E-state index contributed by atoms with van der Waals surface area (Å²) in [4.78, 5) is 5.28. The summed E-state index contributed by atoms with van der Waals surface area (Å²) < 4.78 is 0. The van der Waals surface area contributed by atoms with Crippen LogP contribution in [0.5, 0.6) is 0 Å². The molecule has 8 rings (SSSR count). The highest BCUT2D eigenvalue weighted by Crippen LogP contribution is 2.40. The molecule has 202 valence electrons. The van der Waals surface area contributed by atoms with E-state index in [-0.39, 0.29) is 0 Å². The zero-order valence-electron chi connectivity index (χ0n) is 23.7. The molecule has 0 aliphatic rings. The Kier molecular flexibility index (Phi) is 6.27. The van der Waals surface area contributed by atoms with Crippen molar-refractivity contribution in [2.75, 3.05) is 0 Å². The van der Waals surface area contributed by atoms with Crippen LogP contribution in [0.3, 0.4) is 0 Å². The van der Waals surface area contributed by atoms with Gasteiger partial charge in [-0.15, -0.1) is 0 Å². The second-order valence-corrected chi connectivity index (χ2v) is 11.1. The van der Waals surface area contributed by atoms with Gasteiger partial charge in [-0.25, -0.2) is 0 Å². The van der Waals surface area contributed by atoms with E-state index in [2.05, 4.69) is 164 Å². The molecule has 0 unspecified atom stereocenters. The highest BCUT2D eigenvalue weighted by atomic mass is 14.7. The van der Waals surface area contributed by atoms with Crippen molar-refractivity contribution in [3.05, 3.63) is 180 Å². The van der Waals surface area contributed by atoms with Gasteiger partial charge >= 0.3 is 0 Å². The Morgan fingerprint density at radius 1 is 0.395 bits per heavy atom. The number of fused-ring (bicyclic) bond motifs is 6. The second-order valence-electron chi connectivity index (χ2n) is 11.1. The molecule has 0 bridgehead atoms. The number of benzene rings is 8. The lowest BCUT2D eigenvalue weighted by Crippen LogP contribution is -2.04. The maximum absolute atomic E-state index is 5.28. The Balaban J connectivity index is 1.35. The number of hydrogen-bond donors (Lipinski definition) is 0. The molecule has 0 aliphatic carbocycles. The topological polar surface area (TPSA) is 12.4 Å². The predicted octanol–water partition coefficient (Wildman–Crippen LogP) is 11.0. The molecule has 8 aromatic carbocycles. The van der Waals surface area contributed by atoms with Gasteiger partial charge in [-0.1, -0.05) is 146 Å². The molecule has 0 aliphatic heterocycles. The fraction of sp³-hybridized carbons (Fsp3) is 0.0238. The third kappa shape index (κ3) is 4.56. The van der Waals surface area contributed by atoms with Crippen LogP contribution in [0.15, 0.2) is 169 Å². The number of aliphatic imine (C=N–C) groups is 1. The number of nitrogens with zero attached hydrogens (tertiary/aromatic N) is 1. The van der Waals surface area contributed by atoms with Crippen LogP contribution in [0.1, 0.15) is 16.7 Å². The monoisotopic (exact) mass is 547 g/mol. The van der Waals surface area contributed by atoms with E-state index in [4.69, 9.17) is 4.99 Å². The van der Waals surface area contributed by atoms with Crippen molar-refractivity contribution < 1.29 is 0 Å². The zero-order chi connectivity index (χ0) is 28.6. The van der Waals surface area contributed by atoms with Crippen LogP contribution in [-0.2, 0) is 6.54 Å². The maximum Gasteiger partial charge on any atom is 0.0723 e. The minimum Gasteiger partial charge on any atom is -0.279 e. The average Bonchev–Trinajstić information content (AvgIpc) is 3.09. The lowest BCUT2D eigenvalue weighted by atomic mass is 9.89. The summed E-state index contributed by atoms with van der Waals surface area (Å²) in [5, 5.41) is 10.1. The fourth-order valence-electron chi connectivity index (χ4n) is 6.46. The predicted molar refractivity (Wildman–Crippen MR) is 184 cm³/mol. The van der Waals surface area contributed by atoms with Gasteiger partial charge in [0, 0.05) is 11.1 Å². The first kappa shape index (κ1) is 25.2. The molecule has 43 heavy (non-hydrogen) atoms. The van der Waals surface area contributed by atoms with Crippen molar-refractivity contribution >= 4 is 48.8 Å². The van der Waals surface area contributed by atoms with Crippen molar-refractivity contribution in [1.82, 2.24) is 0 Å². The highest BCUT2D eigenvalue weighted by molar-refractivity contribution is 6.22. The van der Waals surface area contributed by atoms with Gasteiger partial charge in [0.05, 0.1) is 12.3 Å². The van der Waals surface area contributed by atoms with Gasteiger partial charge in [0.15, 0.2) is 0 Å². The summed E-state index contributed by atoms with van der Waals surface area (Å²) in [5.74, 6) is 0. The SMILES string of the molecule is c1ccc(C(=NCc2cc3c4ccccc4c(-c4ccc5ccccc5c4)cc3c3ccccc23)c2ccccc2)cc1. The van der Waals surface area contributed by atoms with Crippen LogP contribution < -0.4 is 0 Å². The van der Waals surface area contributed by atoms with Crippen LogP contribution in [0.4, 0.5) is 0 Å². The van der Waals surface area contributed by atoms with Crippen molar-refractivity contribution in [2.24, 2.45) is 4.99 Å². The average molecular weight is 548 g/mol. The Morgan fingerprint density at radius 2 is 0.930 bits per heavy atom. The van der Waals surface area contributed by atoms with Gasteiger partial charge < -0.3 is 0 Å². The van der Waals surface area contributed by atoms with Gasteiger partial charge in [0.2, 0.25) is 0 Å². The maximum atomic E-state index is 5.28. The number of hydrogen-bond acceptors (Lipinski definition) is 1. The van der Waals surface area contributed by atoms with E-state index in [1.165, 1.54) is 59.8 Å². The van der Waals surface area contributed by atoms with Gasteiger partial charge in [0.25, 0.3) is 0 Å². The van der Waals surface area contributed by atoms with Crippen LogP contribution >= 0.6 is 0 Å². The van der Waals surface area contributed by atoms with Crippen molar-refractivity contribution in [3.63, 3.8) is 0 Å². The van der Waals surface area contributed by atoms with Crippen LogP contribution in [0, 0.1) is 0 Å². The number of rotatable bonds is 5. The molecule has 0 aromatic heterocycles. The second kappa shape index (κ2) is 10.7. The van der Waals surface area contributed by atoms with Gasteiger partial charge in [0.1, 0.15) is 0 Å². The summed E-state index contributed by atoms with van der Waals surface area (Å²) in [7, 11) is 0. The molecule has 0 spiro atoms. The molecule has 0 heterocycles. The van der Waals surface area contributed by atoms with Crippen molar-refractivity contribution in [2.45, 2.75) is 6.54 Å². The summed E-state index contributed by atoms with van der Waals surface area (Å²) in [6.45, 7) is 0.594. The molecule has 1 heteroatoms. The molecule has 0 N–H and O–H groups in total. The van der Waals surface area contributed by atoms with E-state index in [0.29, 0.717) is 6.54 Å². The first-order valence-electron chi connectivity index (χ1n) is 14.8. The third-order valence-corrected chi connectivity index (χ3v) is 8.53. The lowest BCUT2D eigenvalue weighted by molar-refractivity contribution is 1.08. The lowest BCUT2D eigenvalue weighted by Gasteiger charge is -2.16. The molecule has 0 amide bonds. The summed E-state index contributed by atoms with van der Waals surface area (Å²) in [6, 6.07) is 58.8. The quantitative estimate of drug-likeness (QED) is 0.150. The summed E-state index contributed by atoms with van der Waals surface area (Å²) >= 11 is 0. The first-order chi connectivity index (χ1) is 21.3. The molecule has 8 aromatic rings. The molecular weight excluding hydrogens is 518 g/mol. The van der Waals surface area contributed by atoms with Gasteiger partial charge in [-0.2, -0.15) is 0 Å². The minimum absolute atomic E-state index is 0.594. The Labute approximate surface area is 251 Å². The fourth-order valence-corrected chi connectivity index (χ4v) is 6.46. The highest BCUT2D eigenvalue weighted by Gasteiger charge is 2.14. The standard InChI is InChI=1S/C42H29N/c1-3-14-30(15-4-1)42(31-16-5-2-6-17-31)43-28-34-26-40-38-22-12-11-21-37(38)39(27-41(40)36-20-10-9-19-35(34)36)33-24-23-29-13-7-8-18-32(29)25-33/h1-27H,28H2. The largest absolute Gasteiger partial charge is 0.279 e. The van der Waals surface area contributed by atoms with E-state index in [1.807, 2.05) is 0 Å². The smallest absolute Gasteiger partial charge is 0.0723 e. The van der Waals surface area contributed by atoms with Gasteiger partial charge in [-0.05, 0) is 78.0 Å². The zero-order valence-corrected chi connectivity index (χ0v) is 23.7. The van der Waals surface area contributed by atoms with E-state index in [1.54, 1.807) is 0 Å². The van der Waals surface area contributed by atoms with E-state index >= 15 is 0 Å². The van der Waals surface area contributed by atoms with E-state index in [9.17, 15) is 0 Å². The molecule has 0 saturated heterocycles. The summed E-state index contributed by atoms with van der Waals surface area (Å²) in [5.41, 5.74) is 7.01. The molecule has 1 nitrogen and oxygen atoms in total. The Hall–Kier alpha value is -5.53. The minimum atomic E-state index is 0.594. The van der Waals surface area contributed by atoms with Crippen LogP contribution in [0.25, 0.3) is 54.2 Å². The normalized spacial score (nSPS) is 11.3. The van der Waals surface area contributed by atoms with Crippen molar-refractivity contribution in [3.8, 4) is 11.1 Å². The Morgan fingerprint density at radius 3 is 1.63 bits per heavy atom. The van der Waals surface area contributed by atoms with Crippen LogP contribution in [0.2, 0.25) is 0 Å². The van der Waals surface area contributed by atoms with E-state index in [0.717, 1.165) is 16.8 Å². The summed E-state index contributed by atoms with van der Waals surface area (Å²) in [6.07, 6.45) is 0. The van der Waals surface area contributed by atoms with E-state index < -0.39 is 0 Å². The molecule has 0 radical (unpaired) electrons. The molecule has 0 saturated carbocycles. The van der Waals surface area contributed by atoms with Gasteiger partial charge in [-0.3, -0.25) is 4.99 Å². The Bertz CT molecular complexity index is 2260. The molecule has 0 fully saturated rings. The first-order valence-corrected chi connectivity index (χ1v) is 14.8. The molecular formula is C42H29N. The van der Waals surface area contributed by atoms with Crippen molar-refractivity contribution in [1.29, 1.82) is 0 Å². The van der Waals surface area contributed by atoms with Crippen LogP contribution in [-0.4, -0.2) is 5.71 Å². The third-order valence-electron chi connectivity index (χ3n) is 8.53.